The van der Waals surface area contributed by atoms with Crippen LogP contribution >= 0.6 is 0 Å². The highest BCUT2D eigenvalue weighted by Crippen LogP contribution is 2.27. The van der Waals surface area contributed by atoms with Crippen molar-refractivity contribution in [3.8, 4) is 0 Å². The molecule has 0 spiro atoms. The second-order valence-electron chi connectivity index (χ2n) is 7.48. The molecular formula is C21H21N3O5S. The van der Waals surface area contributed by atoms with E-state index in [-0.39, 0.29) is 27.6 Å². The van der Waals surface area contributed by atoms with Gasteiger partial charge in [-0.1, -0.05) is 12.8 Å². The number of hydrogen-bond donors (Lipinski definition) is 2. The summed E-state index contributed by atoms with van der Waals surface area (Å²) in [6.07, 6.45) is 3.78. The molecule has 0 unspecified atom stereocenters. The van der Waals surface area contributed by atoms with Crippen LogP contribution in [0.5, 0.6) is 0 Å². The monoisotopic (exact) mass is 427 g/mol. The lowest BCUT2D eigenvalue weighted by Gasteiger charge is -2.23. The summed E-state index contributed by atoms with van der Waals surface area (Å²) in [5.74, 6) is -1.42. The van der Waals surface area contributed by atoms with Crippen LogP contribution in [0.1, 0.15) is 56.8 Å². The molecule has 3 amide bonds. The standard InChI is InChI=1S/C21H21N3O5S/c1-24(15-4-2-3-5-15)30(28,29)16-9-6-13(7-10-16)19(25)22-14-8-11-17-18(12-14)21(27)23-20(17)26/h6-12,15H,2-5H2,1H3,(H,22,25)(H,23,26,27). The zero-order chi connectivity index (χ0) is 21.5. The van der Waals surface area contributed by atoms with Gasteiger partial charge in [-0.15, -0.1) is 0 Å². The van der Waals surface area contributed by atoms with E-state index in [0.717, 1.165) is 25.7 Å². The molecule has 8 nitrogen and oxygen atoms in total. The Kier molecular flexibility index (Phi) is 5.17. The first-order valence-electron chi connectivity index (χ1n) is 9.66. The summed E-state index contributed by atoms with van der Waals surface area (Å²) < 4.78 is 27.1. The largest absolute Gasteiger partial charge is 0.322 e. The molecule has 1 heterocycles. The number of benzene rings is 2. The second-order valence-corrected chi connectivity index (χ2v) is 9.48. The van der Waals surface area contributed by atoms with Crippen LogP contribution in [-0.2, 0) is 10.0 Å². The van der Waals surface area contributed by atoms with Crippen molar-refractivity contribution >= 4 is 33.4 Å². The van der Waals surface area contributed by atoms with Crippen molar-refractivity contribution in [2.24, 2.45) is 0 Å². The Morgan fingerprint density at radius 1 is 1.00 bits per heavy atom. The zero-order valence-electron chi connectivity index (χ0n) is 16.3. The number of carbonyl (C=O) groups excluding carboxylic acids is 3. The molecule has 2 N–H and O–H groups in total. The maximum atomic E-state index is 12.8. The number of nitrogens with zero attached hydrogens (tertiary/aromatic N) is 1. The molecule has 9 heteroatoms. The topological polar surface area (TPSA) is 113 Å². The maximum Gasteiger partial charge on any atom is 0.259 e. The molecule has 156 valence electrons. The van der Waals surface area contributed by atoms with Crippen molar-refractivity contribution in [2.75, 3.05) is 12.4 Å². The third kappa shape index (κ3) is 3.61. The Morgan fingerprint density at radius 3 is 2.30 bits per heavy atom. The van der Waals surface area contributed by atoms with Crippen LogP contribution in [0.4, 0.5) is 5.69 Å². The van der Waals surface area contributed by atoms with E-state index >= 15 is 0 Å². The van der Waals surface area contributed by atoms with Gasteiger partial charge >= 0.3 is 0 Å². The summed E-state index contributed by atoms with van der Waals surface area (Å²) >= 11 is 0. The molecular weight excluding hydrogens is 406 g/mol. The lowest BCUT2D eigenvalue weighted by Crippen LogP contribution is -2.35. The Morgan fingerprint density at radius 2 is 1.63 bits per heavy atom. The SMILES string of the molecule is CN(C1CCCC1)S(=O)(=O)c1ccc(C(=O)Nc2ccc3c(c2)C(=O)NC3=O)cc1. The third-order valence-corrected chi connectivity index (χ3v) is 7.55. The molecule has 2 aromatic carbocycles. The molecule has 30 heavy (non-hydrogen) atoms. The highest BCUT2D eigenvalue weighted by atomic mass is 32.2. The first-order chi connectivity index (χ1) is 14.3. The van der Waals surface area contributed by atoms with Gasteiger partial charge in [-0.05, 0) is 55.3 Å². The minimum absolute atomic E-state index is 0.0156. The van der Waals surface area contributed by atoms with Gasteiger partial charge in [0.2, 0.25) is 10.0 Å². The Labute approximate surface area is 174 Å². The maximum absolute atomic E-state index is 12.8. The Bertz CT molecular complexity index is 1140. The van der Waals surface area contributed by atoms with Crippen molar-refractivity contribution in [2.45, 2.75) is 36.6 Å². The molecule has 1 aliphatic carbocycles. The molecule has 0 radical (unpaired) electrons. The van der Waals surface area contributed by atoms with Crippen molar-refractivity contribution in [1.82, 2.24) is 9.62 Å². The highest BCUT2D eigenvalue weighted by Gasteiger charge is 2.30. The van der Waals surface area contributed by atoms with E-state index in [1.54, 1.807) is 7.05 Å². The van der Waals surface area contributed by atoms with Gasteiger partial charge in [0.1, 0.15) is 0 Å². The number of nitrogens with one attached hydrogen (secondary N) is 2. The van der Waals surface area contributed by atoms with Crippen molar-refractivity contribution in [1.29, 1.82) is 0 Å². The number of anilines is 1. The second kappa shape index (κ2) is 7.66. The number of sulfonamides is 1. The molecule has 1 aliphatic heterocycles. The predicted molar refractivity (Wildman–Crippen MR) is 110 cm³/mol. The fraction of sp³-hybridized carbons (Fsp3) is 0.286. The van der Waals surface area contributed by atoms with Crippen LogP contribution in [0.25, 0.3) is 0 Å². The molecule has 2 aromatic rings. The molecule has 0 saturated heterocycles. The molecule has 0 bridgehead atoms. The van der Waals surface area contributed by atoms with Crippen molar-refractivity contribution < 1.29 is 22.8 Å². The third-order valence-electron chi connectivity index (χ3n) is 5.63. The number of fused-ring (bicyclic) bond motifs is 1. The van der Waals surface area contributed by atoms with E-state index in [1.807, 2.05) is 0 Å². The van der Waals surface area contributed by atoms with E-state index < -0.39 is 27.7 Å². The fourth-order valence-electron chi connectivity index (χ4n) is 3.86. The number of amides is 3. The van der Waals surface area contributed by atoms with Crippen LogP contribution < -0.4 is 10.6 Å². The predicted octanol–water partition coefficient (Wildman–Crippen LogP) is 2.39. The van der Waals surface area contributed by atoms with E-state index in [4.69, 9.17) is 0 Å². The summed E-state index contributed by atoms with van der Waals surface area (Å²) in [6, 6.07) is 10.2. The van der Waals surface area contributed by atoms with Gasteiger partial charge in [0.15, 0.2) is 0 Å². The summed E-state index contributed by atoms with van der Waals surface area (Å²) in [6.45, 7) is 0. The van der Waals surface area contributed by atoms with Gasteiger partial charge in [0, 0.05) is 24.3 Å². The number of hydrogen-bond acceptors (Lipinski definition) is 5. The van der Waals surface area contributed by atoms with E-state index in [0.29, 0.717) is 5.69 Å². The smallest absolute Gasteiger partial charge is 0.259 e. The van der Waals surface area contributed by atoms with Crippen LogP contribution in [0.3, 0.4) is 0 Å². The quantitative estimate of drug-likeness (QED) is 0.712. The molecule has 2 aliphatic rings. The van der Waals surface area contributed by atoms with Crippen LogP contribution in [0.2, 0.25) is 0 Å². The Hall–Kier alpha value is -3.04. The van der Waals surface area contributed by atoms with Gasteiger partial charge in [0.25, 0.3) is 17.7 Å². The summed E-state index contributed by atoms with van der Waals surface area (Å²) in [5, 5.41) is 4.85. The first-order valence-corrected chi connectivity index (χ1v) is 11.1. The van der Waals surface area contributed by atoms with E-state index in [2.05, 4.69) is 10.6 Å². The van der Waals surface area contributed by atoms with Gasteiger partial charge < -0.3 is 5.32 Å². The summed E-state index contributed by atoms with van der Waals surface area (Å²) in [4.78, 5) is 36.0. The minimum atomic E-state index is -3.62. The van der Waals surface area contributed by atoms with E-state index in [9.17, 15) is 22.8 Å². The molecule has 1 saturated carbocycles. The summed E-state index contributed by atoms with van der Waals surface area (Å²) in [5.41, 5.74) is 1.10. The van der Waals surface area contributed by atoms with Gasteiger partial charge in [-0.25, -0.2) is 8.42 Å². The van der Waals surface area contributed by atoms with Crippen LogP contribution in [0, 0.1) is 0 Å². The number of rotatable bonds is 5. The molecule has 0 atom stereocenters. The van der Waals surface area contributed by atoms with Gasteiger partial charge in [-0.2, -0.15) is 4.31 Å². The fourth-order valence-corrected chi connectivity index (χ4v) is 5.27. The molecule has 1 fully saturated rings. The first kappa shape index (κ1) is 20.2. The van der Waals surface area contributed by atoms with Crippen LogP contribution in [0.15, 0.2) is 47.4 Å². The average molecular weight is 427 g/mol. The average Bonchev–Trinajstić information content (AvgIpc) is 3.36. The lowest BCUT2D eigenvalue weighted by molar-refractivity contribution is 0.0878. The molecule has 4 rings (SSSR count). The number of carbonyl (C=O) groups is 3. The van der Waals surface area contributed by atoms with Gasteiger partial charge in [0.05, 0.1) is 16.0 Å². The number of imide groups is 1. The van der Waals surface area contributed by atoms with Crippen molar-refractivity contribution in [3.05, 3.63) is 59.2 Å². The van der Waals surface area contributed by atoms with Crippen molar-refractivity contribution in [3.63, 3.8) is 0 Å². The zero-order valence-corrected chi connectivity index (χ0v) is 17.2. The lowest BCUT2D eigenvalue weighted by atomic mass is 10.1. The minimum Gasteiger partial charge on any atom is -0.322 e. The van der Waals surface area contributed by atoms with Gasteiger partial charge in [-0.3, -0.25) is 19.7 Å². The summed E-state index contributed by atoms with van der Waals surface area (Å²) in [7, 11) is -2.02. The highest BCUT2D eigenvalue weighted by molar-refractivity contribution is 7.89. The Balaban J connectivity index is 1.49. The van der Waals surface area contributed by atoms with E-state index in [1.165, 1.54) is 46.8 Å². The molecule has 0 aromatic heterocycles. The van der Waals surface area contributed by atoms with Crippen LogP contribution in [-0.4, -0.2) is 43.5 Å². The normalized spacial score (nSPS) is 16.6.